The van der Waals surface area contributed by atoms with Gasteiger partial charge >= 0.3 is 0 Å². The Balaban J connectivity index is 2.31. The molecule has 9 heteroatoms. The predicted molar refractivity (Wildman–Crippen MR) is 94.1 cm³/mol. The zero-order valence-corrected chi connectivity index (χ0v) is 15.0. The Labute approximate surface area is 148 Å². The first-order chi connectivity index (χ1) is 11.4. The maximum Gasteiger partial charge on any atom is 0.222 e. The lowest BCUT2D eigenvalue weighted by molar-refractivity contribution is 0.105. The molecule has 5 N–H and O–H groups in total. The minimum Gasteiger partial charge on any atom is -0.451 e. The Morgan fingerprint density at radius 3 is 2.71 bits per heavy atom. The maximum absolute atomic E-state index is 9.48. The van der Waals surface area contributed by atoms with E-state index in [1.165, 1.54) is 6.20 Å². The second-order valence-corrected chi connectivity index (χ2v) is 6.27. The van der Waals surface area contributed by atoms with Gasteiger partial charge in [-0.2, -0.15) is 4.98 Å². The lowest BCUT2D eigenvalue weighted by atomic mass is 10.1. The van der Waals surface area contributed by atoms with E-state index < -0.39 is 6.10 Å². The number of anilines is 2. The van der Waals surface area contributed by atoms with Crippen molar-refractivity contribution in [2.45, 2.75) is 25.9 Å². The van der Waals surface area contributed by atoms with E-state index in [2.05, 4.69) is 36.2 Å². The molecule has 2 aromatic heterocycles. The van der Waals surface area contributed by atoms with Gasteiger partial charge in [0, 0.05) is 24.4 Å². The summed E-state index contributed by atoms with van der Waals surface area (Å²) >= 11 is 3.33. The van der Waals surface area contributed by atoms with Gasteiger partial charge in [-0.3, -0.25) is 0 Å². The fourth-order valence-corrected chi connectivity index (χ4v) is 2.24. The third-order valence-corrected chi connectivity index (χ3v) is 3.63. The summed E-state index contributed by atoms with van der Waals surface area (Å²) in [5.41, 5.74) is 6.54. The van der Waals surface area contributed by atoms with Gasteiger partial charge < -0.3 is 26.0 Å². The number of halogens is 1. The van der Waals surface area contributed by atoms with Crippen LogP contribution in [0, 0.1) is 0 Å². The molecule has 0 saturated carbocycles. The molecule has 2 aromatic rings. The van der Waals surface area contributed by atoms with Crippen molar-refractivity contribution in [3.63, 3.8) is 0 Å². The molecule has 130 valence electrons. The molecule has 2 heterocycles. The van der Waals surface area contributed by atoms with Crippen LogP contribution >= 0.6 is 15.9 Å². The Morgan fingerprint density at radius 2 is 2.04 bits per heavy atom. The Hall–Kier alpha value is -1.97. The maximum atomic E-state index is 9.48. The van der Waals surface area contributed by atoms with Crippen LogP contribution in [-0.4, -0.2) is 44.4 Å². The first-order valence-electron chi connectivity index (χ1n) is 7.39. The van der Waals surface area contributed by atoms with Gasteiger partial charge in [0.05, 0.1) is 18.9 Å². The molecule has 0 radical (unpaired) electrons. The van der Waals surface area contributed by atoms with Gasteiger partial charge in [-0.1, -0.05) is 13.8 Å². The average molecular weight is 398 g/mol. The van der Waals surface area contributed by atoms with E-state index in [-0.39, 0.29) is 25.0 Å². The second-order valence-electron chi connectivity index (χ2n) is 5.46. The number of rotatable bonds is 7. The molecule has 8 nitrogen and oxygen atoms in total. The number of nitrogens with zero attached hydrogens (tertiary/aromatic N) is 3. The number of nitrogen functional groups attached to an aromatic ring is 1. The number of hydrogen-bond acceptors (Lipinski definition) is 8. The van der Waals surface area contributed by atoms with Crippen molar-refractivity contribution in [2.75, 3.05) is 24.2 Å². The first-order valence-corrected chi connectivity index (χ1v) is 8.18. The van der Waals surface area contributed by atoms with Crippen LogP contribution in [0.5, 0.6) is 11.5 Å². The molecule has 1 unspecified atom stereocenters. The van der Waals surface area contributed by atoms with Gasteiger partial charge in [-0.05, 0) is 21.8 Å². The van der Waals surface area contributed by atoms with Crippen LogP contribution in [0.3, 0.4) is 0 Å². The standard InChI is InChI=1S/C15H20BrN5O3/c1-8(2)10-5-18-13(16)3-11(10)24-12-6-20-15(17)21-14(12)19-4-9(23)7-22/h3,5-6,8-9,22-23H,4,7H2,1-2H3,(H3,17,19,20,21). The van der Waals surface area contributed by atoms with Gasteiger partial charge in [0.25, 0.3) is 0 Å². The third kappa shape index (κ3) is 4.76. The van der Waals surface area contributed by atoms with Crippen LogP contribution in [0.25, 0.3) is 0 Å². The minimum atomic E-state index is -0.921. The largest absolute Gasteiger partial charge is 0.451 e. The van der Waals surface area contributed by atoms with E-state index in [0.29, 0.717) is 21.9 Å². The van der Waals surface area contributed by atoms with E-state index in [4.69, 9.17) is 15.6 Å². The number of pyridine rings is 1. The molecule has 0 bridgehead atoms. The Morgan fingerprint density at radius 1 is 1.29 bits per heavy atom. The number of ether oxygens (including phenoxy) is 1. The number of hydrogen-bond donors (Lipinski definition) is 4. The number of aromatic nitrogens is 3. The fourth-order valence-electron chi connectivity index (χ4n) is 1.93. The van der Waals surface area contributed by atoms with Crippen molar-refractivity contribution in [2.24, 2.45) is 0 Å². The molecule has 0 spiro atoms. The summed E-state index contributed by atoms with van der Waals surface area (Å²) in [4.78, 5) is 12.2. The van der Waals surface area contributed by atoms with Crippen molar-refractivity contribution in [3.05, 3.63) is 28.6 Å². The average Bonchev–Trinajstić information content (AvgIpc) is 2.54. The molecule has 0 fully saturated rings. The van der Waals surface area contributed by atoms with Crippen LogP contribution in [0.2, 0.25) is 0 Å². The zero-order chi connectivity index (χ0) is 17.7. The Kier molecular flexibility index (Phi) is 6.29. The SMILES string of the molecule is CC(C)c1cnc(Br)cc1Oc1cnc(N)nc1NCC(O)CO. The summed E-state index contributed by atoms with van der Waals surface area (Å²) in [5, 5.41) is 21.3. The van der Waals surface area contributed by atoms with Crippen molar-refractivity contribution < 1.29 is 14.9 Å². The lowest BCUT2D eigenvalue weighted by Crippen LogP contribution is -2.23. The molecule has 0 aliphatic carbocycles. The summed E-state index contributed by atoms with van der Waals surface area (Å²) in [5.74, 6) is 1.59. The number of nitrogens with two attached hydrogens (primary N) is 1. The summed E-state index contributed by atoms with van der Waals surface area (Å²) in [6.45, 7) is 3.81. The van der Waals surface area contributed by atoms with Crippen LogP contribution in [0.15, 0.2) is 23.1 Å². The molecule has 24 heavy (non-hydrogen) atoms. The molecule has 0 amide bonds. The second kappa shape index (κ2) is 8.22. The van der Waals surface area contributed by atoms with E-state index in [9.17, 15) is 5.11 Å². The first kappa shape index (κ1) is 18.4. The summed E-state index contributed by atoms with van der Waals surface area (Å²) < 4.78 is 6.59. The molecule has 0 saturated heterocycles. The number of aliphatic hydroxyl groups excluding tert-OH is 2. The summed E-state index contributed by atoms with van der Waals surface area (Å²) in [7, 11) is 0. The number of nitrogens with one attached hydrogen (secondary N) is 1. The summed E-state index contributed by atoms with van der Waals surface area (Å²) in [6.07, 6.45) is 2.27. The van der Waals surface area contributed by atoms with Crippen molar-refractivity contribution in [3.8, 4) is 11.5 Å². The zero-order valence-electron chi connectivity index (χ0n) is 13.4. The highest BCUT2D eigenvalue weighted by molar-refractivity contribution is 9.10. The fraction of sp³-hybridized carbons (Fsp3) is 0.400. The van der Waals surface area contributed by atoms with Gasteiger partial charge in [0.1, 0.15) is 10.4 Å². The topological polar surface area (TPSA) is 126 Å². The molecular formula is C15H20BrN5O3. The van der Waals surface area contributed by atoms with Crippen molar-refractivity contribution >= 4 is 27.7 Å². The van der Waals surface area contributed by atoms with Crippen molar-refractivity contribution in [1.82, 2.24) is 15.0 Å². The molecule has 0 aliphatic heterocycles. The molecule has 2 rings (SSSR count). The molecule has 0 aromatic carbocycles. The van der Waals surface area contributed by atoms with Crippen molar-refractivity contribution in [1.29, 1.82) is 0 Å². The Bertz CT molecular complexity index is 699. The van der Waals surface area contributed by atoms with Crippen LogP contribution in [0.1, 0.15) is 25.3 Å². The summed E-state index contributed by atoms with van der Waals surface area (Å²) in [6, 6.07) is 1.76. The number of aliphatic hydroxyl groups is 2. The van der Waals surface area contributed by atoms with E-state index in [1.807, 2.05) is 13.8 Å². The smallest absolute Gasteiger partial charge is 0.222 e. The van der Waals surface area contributed by atoms with Crippen LogP contribution < -0.4 is 15.8 Å². The van der Waals surface area contributed by atoms with E-state index in [1.54, 1.807) is 12.3 Å². The molecule has 1 atom stereocenters. The highest BCUT2D eigenvalue weighted by Crippen LogP contribution is 2.34. The highest BCUT2D eigenvalue weighted by Gasteiger charge is 2.15. The predicted octanol–water partition coefficient (Wildman–Crippen LogP) is 1.90. The van der Waals surface area contributed by atoms with Crippen LogP contribution in [-0.2, 0) is 0 Å². The molecule has 0 aliphatic rings. The van der Waals surface area contributed by atoms with Gasteiger partial charge in [0.2, 0.25) is 5.95 Å². The quantitative estimate of drug-likeness (QED) is 0.521. The third-order valence-electron chi connectivity index (χ3n) is 3.19. The lowest BCUT2D eigenvalue weighted by Gasteiger charge is -2.17. The normalized spacial score (nSPS) is 12.2. The van der Waals surface area contributed by atoms with E-state index in [0.717, 1.165) is 5.56 Å². The monoisotopic (exact) mass is 397 g/mol. The van der Waals surface area contributed by atoms with Gasteiger partial charge in [-0.15, -0.1) is 0 Å². The van der Waals surface area contributed by atoms with Gasteiger partial charge in [-0.25, -0.2) is 9.97 Å². The van der Waals surface area contributed by atoms with Crippen LogP contribution in [0.4, 0.5) is 11.8 Å². The van der Waals surface area contributed by atoms with E-state index >= 15 is 0 Å². The van der Waals surface area contributed by atoms with Gasteiger partial charge in [0.15, 0.2) is 11.6 Å². The molecular weight excluding hydrogens is 378 g/mol. The highest BCUT2D eigenvalue weighted by atomic mass is 79.9. The minimum absolute atomic E-state index is 0.0725.